The molecule has 96 valence electrons. The van der Waals surface area contributed by atoms with Crippen molar-refractivity contribution >= 4 is 5.69 Å². The maximum Gasteiger partial charge on any atom is 0.0366 e. The average Bonchev–Trinajstić information content (AvgIpc) is 2.40. The standard InChI is InChI=1S/C15H26N2/c1-4-14(16-3)10-9-13-17(5-2)15-11-7-6-8-12-15/h6-8,11-12,14,16H,4-5,9-10,13H2,1-3H3. The molecule has 1 rings (SSSR count). The maximum absolute atomic E-state index is 3.36. The summed E-state index contributed by atoms with van der Waals surface area (Å²) >= 11 is 0. The normalized spacial score (nSPS) is 12.4. The smallest absolute Gasteiger partial charge is 0.0366 e. The number of benzene rings is 1. The lowest BCUT2D eigenvalue weighted by molar-refractivity contribution is 0.490. The quantitative estimate of drug-likeness (QED) is 0.742. The Morgan fingerprint density at radius 2 is 1.88 bits per heavy atom. The minimum absolute atomic E-state index is 0.671. The highest BCUT2D eigenvalue weighted by atomic mass is 15.1. The second-order valence-corrected chi connectivity index (χ2v) is 4.45. The molecule has 0 heterocycles. The summed E-state index contributed by atoms with van der Waals surface area (Å²) in [7, 11) is 2.06. The summed E-state index contributed by atoms with van der Waals surface area (Å²) in [5, 5.41) is 3.36. The molecule has 1 atom stereocenters. The van der Waals surface area contributed by atoms with Crippen molar-refractivity contribution in [2.24, 2.45) is 0 Å². The van der Waals surface area contributed by atoms with Crippen LogP contribution in [0.5, 0.6) is 0 Å². The van der Waals surface area contributed by atoms with Gasteiger partial charge in [-0.1, -0.05) is 25.1 Å². The summed E-state index contributed by atoms with van der Waals surface area (Å²) in [6, 6.07) is 11.4. The van der Waals surface area contributed by atoms with E-state index in [2.05, 4.69) is 61.4 Å². The van der Waals surface area contributed by atoms with Crippen LogP contribution in [0.25, 0.3) is 0 Å². The van der Waals surface area contributed by atoms with Gasteiger partial charge in [0, 0.05) is 24.8 Å². The first-order valence-electron chi connectivity index (χ1n) is 6.79. The van der Waals surface area contributed by atoms with Crippen LogP contribution in [0.4, 0.5) is 5.69 Å². The summed E-state index contributed by atoms with van der Waals surface area (Å²) in [5.41, 5.74) is 1.34. The SMILES string of the molecule is CCC(CCCN(CC)c1ccccc1)NC. The molecule has 1 aromatic rings. The zero-order valence-corrected chi connectivity index (χ0v) is 11.4. The third-order valence-electron chi connectivity index (χ3n) is 3.38. The number of hydrogen-bond donors (Lipinski definition) is 1. The third kappa shape index (κ3) is 4.78. The van der Waals surface area contributed by atoms with E-state index in [0.29, 0.717) is 6.04 Å². The van der Waals surface area contributed by atoms with Crippen molar-refractivity contribution < 1.29 is 0 Å². The average molecular weight is 234 g/mol. The van der Waals surface area contributed by atoms with Gasteiger partial charge < -0.3 is 10.2 Å². The monoisotopic (exact) mass is 234 g/mol. The second kappa shape index (κ2) is 8.13. The molecule has 0 aromatic heterocycles. The van der Waals surface area contributed by atoms with Gasteiger partial charge in [0.05, 0.1) is 0 Å². The van der Waals surface area contributed by atoms with Gasteiger partial charge in [0.25, 0.3) is 0 Å². The van der Waals surface area contributed by atoms with Gasteiger partial charge in [-0.2, -0.15) is 0 Å². The molecule has 0 spiro atoms. The molecule has 17 heavy (non-hydrogen) atoms. The van der Waals surface area contributed by atoms with E-state index in [0.717, 1.165) is 13.1 Å². The molecule has 0 radical (unpaired) electrons. The van der Waals surface area contributed by atoms with E-state index in [1.807, 2.05) is 0 Å². The molecule has 0 aliphatic heterocycles. The van der Waals surface area contributed by atoms with Crippen molar-refractivity contribution in [3.8, 4) is 0 Å². The minimum atomic E-state index is 0.671. The number of nitrogens with one attached hydrogen (secondary N) is 1. The molecule has 0 amide bonds. The van der Waals surface area contributed by atoms with E-state index < -0.39 is 0 Å². The van der Waals surface area contributed by atoms with E-state index in [4.69, 9.17) is 0 Å². The van der Waals surface area contributed by atoms with Crippen LogP contribution in [0.3, 0.4) is 0 Å². The van der Waals surface area contributed by atoms with Crippen molar-refractivity contribution in [1.29, 1.82) is 0 Å². The summed E-state index contributed by atoms with van der Waals surface area (Å²) in [5.74, 6) is 0. The van der Waals surface area contributed by atoms with Crippen LogP contribution >= 0.6 is 0 Å². The Morgan fingerprint density at radius 1 is 1.18 bits per heavy atom. The molecule has 2 nitrogen and oxygen atoms in total. The zero-order valence-electron chi connectivity index (χ0n) is 11.4. The van der Waals surface area contributed by atoms with Gasteiger partial charge in [0.2, 0.25) is 0 Å². The summed E-state index contributed by atoms with van der Waals surface area (Å²) < 4.78 is 0. The molecular formula is C15H26N2. The minimum Gasteiger partial charge on any atom is -0.372 e. The van der Waals surface area contributed by atoms with E-state index >= 15 is 0 Å². The van der Waals surface area contributed by atoms with Crippen molar-refractivity contribution in [2.45, 2.75) is 39.2 Å². The fraction of sp³-hybridized carbons (Fsp3) is 0.600. The van der Waals surface area contributed by atoms with Gasteiger partial charge in [-0.05, 0) is 45.4 Å². The molecule has 2 heteroatoms. The highest BCUT2D eigenvalue weighted by molar-refractivity contribution is 5.45. The van der Waals surface area contributed by atoms with Gasteiger partial charge in [0.1, 0.15) is 0 Å². The first-order chi connectivity index (χ1) is 8.31. The van der Waals surface area contributed by atoms with Crippen LogP contribution in [0.2, 0.25) is 0 Å². The van der Waals surface area contributed by atoms with Crippen LogP contribution in [-0.4, -0.2) is 26.2 Å². The Balaban J connectivity index is 2.38. The maximum atomic E-state index is 3.36. The van der Waals surface area contributed by atoms with Crippen LogP contribution in [0, 0.1) is 0 Å². The van der Waals surface area contributed by atoms with Gasteiger partial charge >= 0.3 is 0 Å². The largest absolute Gasteiger partial charge is 0.372 e. The first kappa shape index (κ1) is 14.0. The predicted molar refractivity (Wildman–Crippen MR) is 76.7 cm³/mol. The molecule has 1 N–H and O–H groups in total. The Morgan fingerprint density at radius 3 is 2.41 bits per heavy atom. The number of para-hydroxylation sites is 1. The summed E-state index contributed by atoms with van der Waals surface area (Å²) in [6.45, 7) is 6.71. The van der Waals surface area contributed by atoms with Crippen LogP contribution in [-0.2, 0) is 0 Å². The molecule has 0 bridgehead atoms. The Hall–Kier alpha value is -1.02. The molecule has 1 aromatic carbocycles. The molecular weight excluding hydrogens is 208 g/mol. The summed E-state index contributed by atoms with van der Waals surface area (Å²) in [4.78, 5) is 2.45. The zero-order chi connectivity index (χ0) is 12.5. The number of nitrogens with zero attached hydrogens (tertiary/aromatic N) is 1. The number of rotatable bonds is 8. The molecule has 1 unspecified atom stereocenters. The molecule has 0 saturated carbocycles. The predicted octanol–water partition coefficient (Wildman–Crippen LogP) is 3.29. The fourth-order valence-electron chi connectivity index (χ4n) is 2.19. The van der Waals surface area contributed by atoms with Gasteiger partial charge in [-0.15, -0.1) is 0 Å². The van der Waals surface area contributed by atoms with Gasteiger partial charge in [0.15, 0.2) is 0 Å². The van der Waals surface area contributed by atoms with Crippen LogP contribution in [0.15, 0.2) is 30.3 Å². The Kier molecular flexibility index (Phi) is 6.71. The fourth-order valence-corrected chi connectivity index (χ4v) is 2.19. The third-order valence-corrected chi connectivity index (χ3v) is 3.38. The van der Waals surface area contributed by atoms with Crippen molar-refractivity contribution in [2.75, 3.05) is 25.0 Å². The Labute approximate surface area is 106 Å². The van der Waals surface area contributed by atoms with E-state index in [1.165, 1.54) is 24.9 Å². The van der Waals surface area contributed by atoms with E-state index in [1.54, 1.807) is 0 Å². The topological polar surface area (TPSA) is 15.3 Å². The highest BCUT2D eigenvalue weighted by Gasteiger charge is 2.06. The van der Waals surface area contributed by atoms with Gasteiger partial charge in [-0.3, -0.25) is 0 Å². The molecule has 0 aliphatic carbocycles. The van der Waals surface area contributed by atoms with Crippen molar-refractivity contribution in [3.05, 3.63) is 30.3 Å². The molecule has 0 aliphatic rings. The van der Waals surface area contributed by atoms with Crippen molar-refractivity contribution in [3.63, 3.8) is 0 Å². The van der Waals surface area contributed by atoms with Crippen molar-refractivity contribution in [1.82, 2.24) is 5.32 Å². The second-order valence-electron chi connectivity index (χ2n) is 4.45. The van der Waals surface area contributed by atoms with E-state index in [-0.39, 0.29) is 0 Å². The highest BCUT2D eigenvalue weighted by Crippen LogP contribution is 2.14. The molecule has 0 saturated heterocycles. The number of hydrogen-bond acceptors (Lipinski definition) is 2. The number of anilines is 1. The van der Waals surface area contributed by atoms with Gasteiger partial charge in [-0.25, -0.2) is 0 Å². The lowest BCUT2D eigenvalue weighted by Gasteiger charge is -2.24. The van der Waals surface area contributed by atoms with Crippen LogP contribution < -0.4 is 10.2 Å². The lowest BCUT2D eigenvalue weighted by Crippen LogP contribution is -2.28. The van der Waals surface area contributed by atoms with E-state index in [9.17, 15) is 0 Å². The molecule has 0 fully saturated rings. The lowest BCUT2D eigenvalue weighted by atomic mass is 10.1. The van der Waals surface area contributed by atoms with Crippen LogP contribution in [0.1, 0.15) is 33.1 Å². The Bertz CT molecular complexity index is 280. The summed E-state index contributed by atoms with van der Waals surface area (Å²) in [6.07, 6.45) is 3.73. The first-order valence-corrected chi connectivity index (χ1v) is 6.79.